The average molecular weight is 441 g/mol. The molecular formula is C23H21ClN2O5. The molecule has 160 valence electrons. The van der Waals surface area contributed by atoms with E-state index in [-0.39, 0.29) is 5.57 Å². The van der Waals surface area contributed by atoms with Crippen molar-refractivity contribution in [2.45, 2.75) is 13.3 Å². The topological polar surface area (TPSA) is 84.9 Å². The van der Waals surface area contributed by atoms with Crippen LogP contribution in [0, 0.1) is 6.92 Å². The number of urea groups is 1. The molecule has 1 aliphatic rings. The van der Waals surface area contributed by atoms with Gasteiger partial charge in [-0.15, -0.1) is 6.58 Å². The lowest BCUT2D eigenvalue weighted by Gasteiger charge is -2.27. The van der Waals surface area contributed by atoms with Crippen LogP contribution in [0.3, 0.4) is 0 Å². The van der Waals surface area contributed by atoms with Crippen molar-refractivity contribution >= 4 is 41.2 Å². The average Bonchev–Trinajstić information content (AvgIpc) is 2.73. The number of nitrogens with one attached hydrogen (secondary N) is 1. The Morgan fingerprint density at radius 2 is 1.90 bits per heavy atom. The van der Waals surface area contributed by atoms with Crippen LogP contribution in [0.25, 0.3) is 6.08 Å². The zero-order valence-corrected chi connectivity index (χ0v) is 18.1. The number of rotatable bonds is 6. The lowest BCUT2D eigenvalue weighted by molar-refractivity contribution is -0.122. The number of nitrogens with zero attached hydrogens (tertiary/aromatic N) is 1. The van der Waals surface area contributed by atoms with E-state index in [4.69, 9.17) is 21.1 Å². The van der Waals surface area contributed by atoms with E-state index in [1.165, 1.54) is 20.3 Å². The third kappa shape index (κ3) is 4.18. The summed E-state index contributed by atoms with van der Waals surface area (Å²) in [4.78, 5) is 39.0. The van der Waals surface area contributed by atoms with Crippen molar-refractivity contribution in [3.63, 3.8) is 0 Å². The van der Waals surface area contributed by atoms with E-state index in [1.54, 1.807) is 43.3 Å². The van der Waals surface area contributed by atoms with Crippen LogP contribution < -0.4 is 19.7 Å². The number of benzene rings is 2. The number of methoxy groups -OCH3 is 2. The molecule has 2 aromatic carbocycles. The highest BCUT2D eigenvalue weighted by molar-refractivity contribution is 6.39. The summed E-state index contributed by atoms with van der Waals surface area (Å²) in [7, 11) is 3.02. The normalized spacial score (nSPS) is 15.2. The van der Waals surface area contributed by atoms with Crippen LogP contribution in [-0.4, -0.2) is 32.1 Å². The Morgan fingerprint density at radius 3 is 2.55 bits per heavy atom. The minimum Gasteiger partial charge on any atom is -0.493 e. The summed E-state index contributed by atoms with van der Waals surface area (Å²) in [5.41, 5.74) is 1.95. The number of hydrogen-bond donors (Lipinski definition) is 1. The number of halogens is 1. The molecule has 1 N–H and O–H groups in total. The standard InChI is InChI=1S/C23H21ClN2O5/c1-5-7-15-10-14(12-19(30-3)20(15)31-4)11-16-21(27)25-23(29)26(22(16)28)18-9-6-8-17(24)13(18)2/h5-6,8-12H,1,7H2,2-4H3,(H,25,27,29)/b16-11+. The van der Waals surface area contributed by atoms with E-state index >= 15 is 0 Å². The van der Waals surface area contributed by atoms with Gasteiger partial charge in [0.05, 0.1) is 19.9 Å². The maximum absolute atomic E-state index is 13.2. The van der Waals surface area contributed by atoms with Crippen LogP contribution in [-0.2, 0) is 16.0 Å². The minimum atomic E-state index is -0.836. The van der Waals surface area contributed by atoms with Gasteiger partial charge in [0.15, 0.2) is 11.5 Å². The van der Waals surface area contributed by atoms with Crippen LogP contribution >= 0.6 is 11.6 Å². The molecule has 0 unspecified atom stereocenters. The molecule has 1 saturated heterocycles. The molecule has 8 heteroatoms. The van der Waals surface area contributed by atoms with Gasteiger partial charge < -0.3 is 9.47 Å². The quantitative estimate of drug-likeness (QED) is 0.416. The van der Waals surface area contributed by atoms with Gasteiger partial charge in [-0.2, -0.15) is 0 Å². The second-order valence-electron chi connectivity index (χ2n) is 6.75. The Kier molecular flexibility index (Phi) is 6.46. The summed E-state index contributed by atoms with van der Waals surface area (Å²) in [6.07, 6.45) is 3.60. The molecule has 0 aromatic heterocycles. The number of carbonyl (C=O) groups excluding carboxylic acids is 3. The number of allylic oxidation sites excluding steroid dienone is 1. The largest absolute Gasteiger partial charge is 0.493 e. The van der Waals surface area contributed by atoms with E-state index in [0.29, 0.717) is 39.8 Å². The fraction of sp³-hybridized carbons (Fsp3) is 0.174. The molecule has 1 heterocycles. The SMILES string of the molecule is C=CCc1cc(/C=C2\C(=O)NC(=O)N(c3cccc(Cl)c3C)C2=O)cc(OC)c1OC. The highest BCUT2D eigenvalue weighted by Crippen LogP contribution is 2.35. The molecule has 4 amide bonds. The number of ether oxygens (including phenoxy) is 2. The Morgan fingerprint density at radius 1 is 1.16 bits per heavy atom. The van der Waals surface area contributed by atoms with Gasteiger partial charge in [-0.05, 0) is 54.8 Å². The number of anilines is 1. The van der Waals surface area contributed by atoms with Crippen LogP contribution in [0.15, 0.2) is 48.6 Å². The molecule has 0 radical (unpaired) electrons. The summed E-state index contributed by atoms with van der Waals surface area (Å²) >= 11 is 6.15. The second kappa shape index (κ2) is 9.06. The first-order chi connectivity index (χ1) is 14.8. The third-order valence-corrected chi connectivity index (χ3v) is 5.24. The Bertz CT molecular complexity index is 1120. The van der Waals surface area contributed by atoms with Crippen LogP contribution in [0.2, 0.25) is 5.02 Å². The number of hydrogen-bond acceptors (Lipinski definition) is 5. The van der Waals surface area contributed by atoms with Crippen molar-refractivity contribution < 1.29 is 23.9 Å². The molecule has 0 spiro atoms. The summed E-state index contributed by atoms with van der Waals surface area (Å²) in [6, 6.07) is 7.44. The molecule has 0 saturated carbocycles. The molecule has 0 aliphatic carbocycles. The molecule has 1 aliphatic heterocycles. The third-order valence-electron chi connectivity index (χ3n) is 4.84. The number of carbonyl (C=O) groups is 3. The predicted octanol–water partition coefficient (Wildman–Crippen LogP) is 4.06. The predicted molar refractivity (Wildman–Crippen MR) is 119 cm³/mol. The number of imide groups is 2. The molecule has 7 nitrogen and oxygen atoms in total. The van der Waals surface area contributed by atoms with Gasteiger partial charge in [-0.25, -0.2) is 9.69 Å². The molecule has 2 aromatic rings. The van der Waals surface area contributed by atoms with Crippen molar-refractivity contribution in [1.82, 2.24) is 5.32 Å². The maximum atomic E-state index is 13.2. The first-order valence-electron chi connectivity index (χ1n) is 9.34. The van der Waals surface area contributed by atoms with Gasteiger partial charge >= 0.3 is 6.03 Å². The fourth-order valence-electron chi connectivity index (χ4n) is 3.34. The molecule has 3 rings (SSSR count). The first-order valence-corrected chi connectivity index (χ1v) is 9.72. The maximum Gasteiger partial charge on any atom is 0.335 e. The van der Waals surface area contributed by atoms with Crippen LogP contribution in [0.5, 0.6) is 11.5 Å². The van der Waals surface area contributed by atoms with E-state index in [2.05, 4.69) is 11.9 Å². The summed E-state index contributed by atoms with van der Waals surface area (Å²) < 4.78 is 10.8. The van der Waals surface area contributed by atoms with Gasteiger partial charge in [0.25, 0.3) is 11.8 Å². The van der Waals surface area contributed by atoms with Crippen LogP contribution in [0.4, 0.5) is 10.5 Å². The van der Waals surface area contributed by atoms with E-state index in [1.807, 2.05) is 0 Å². The van der Waals surface area contributed by atoms with Gasteiger partial charge in [0.1, 0.15) is 5.57 Å². The van der Waals surface area contributed by atoms with Crippen molar-refractivity contribution in [1.29, 1.82) is 0 Å². The van der Waals surface area contributed by atoms with Gasteiger partial charge in [0.2, 0.25) is 0 Å². The van der Waals surface area contributed by atoms with Crippen molar-refractivity contribution in [3.05, 3.63) is 70.3 Å². The van der Waals surface area contributed by atoms with E-state index < -0.39 is 17.8 Å². The zero-order valence-electron chi connectivity index (χ0n) is 17.3. The number of amides is 4. The van der Waals surface area contributed by atoms with E-state index in [0.717, 1.165) is 10.5 Å². The van der Waals surface area contributed by atoms with Gasteiger partial charge in [-0.3, -0.25) is 14.9 Å². The second-order valence-corrected chi connectivity index (χ2v) is 7.16. The lowest BCUT2D eigenvalue weighted by atomic mass is 10.0. The Hall–Kier alpha value is -3.58. The summed E-state index contributed by atoms with van der Waals surface area (Å²) in [5.74, 6) is -0.559. The van der Waals surface area contributed by atoms with Crippen LogP contribution in [0.1, 0.15) is 16.7 Å². The van der Waals surface area contributed by atoms with Crippen molar-refractivity contribution in [2.24, 2.45) is 0 Å². The fourth-order valence-corrected chi connectivity index (χ4v) is 3.51. The van der Waals surface area contributed by atoms with Crippen molar-refractivity contribution in [3.8, 4) is 11.5 Å². The highest BCUT2D eigenvalue weighted by atomic mass is 35.5. The highest BCUT2D eigenvalue weighted by Gasteiger charge is 2.37. The monoisotopic (exact) mass is 440 g/mol. The van der Waals surface area contributed by atoms with Crippen molar-refractivity contribution in [2.75, 3.05) is 19.1 Å². The Labute approximate surface area is 184 Å². The first kappa shape index (κ1) is 22.1. The summed E-state index contributed by atoms with van der Waals surface area (Å²) in [6.45, 7) is 5.43. The van der Waals surface area contributed by atoms with E-state index in [9.17, 15) is 14.4 Å². The molecule has 1 fully saturated rings. The molecule has 31 heavy (non-hydrogen) atoms. The molecule has 0 atom stereocenters. The lowest BCUT2D eigenvalue weighted by Crippen LogP contribution is -2.54. The van der Waals surface area contributed by atoms with Gasteiger partial charge in [-0.1, -0.05) is 23.7 Å². The smallest absolute Gasteiger partial charge is 0.335 e. The Balaban J connectivity index is 2.11. The van der Waals surface area contributed by atoms with Gasteiger partial charge in [0, 0.05) is 10.6 Å². The molecular weight excluding hydrogens is 420 g/mol. The molecule has 0 bridgehead atoms. The minimum absolute atomic E-state index is 0.198. The summed E-state index contributed by atoms with van der Waals surface area (Å²) in [5, 5.41) is 2.61. The zero-order chi connectivity index (χ0) is 22.7. The number of barbiturate groups is 1.